The quantitative estimate of drug-likeness (QED) is 0.567. The van der Waals surface area contributed by atoms with E-state index < -0.39 is 0 Å². The van der Waals surface area contributed by atoms with E-state index in [0.29, 0.717) is 18.4 Å². The number of anilines is 1. The first-order valence-corrected chi connectivity index (χ1v) is 9.61. The minimum atomic E-state index is 0.253. The molecule has 0 bridgehead atoms. The van der Waals surface area contributed by atoms with Crippen LogP contribution in [0.3, 0.4) is 0 Å². The van der Waals surface area contributed by atoms with Gasteiger partial charge in [-0.1, -0.05) is 49.1 Å². The number of aromatic nitrogens is 1. The molecule has 3 aromatic rings. The van der Waals surface area contributed by atoms with E-state index in [1.165, 1.54) is 22.0 Å². The summed E-state index contributed by atoms with van der Waals surface area (Å²) < 4.78 is 6.07. The van der Waals surface area contributed by atoms with E-state index in [1.54, 1.807) is 0 Å². The smallest absolute Gasteiger partial charge is 0.143 e. The van der Waals surface area contributed by atoms with Crippen LogP contribution in [0.5, 0.6) is 5.75 Å². The first-order chi connectivity index (χ1) is 13.2. The third-order valence-electron chi connectivity index (χ3n) is 5.79. The molecule has 0 amide bonds. The Hall–Kier alpha value is -2.94. The largest absolute Gasteiger partial charge is 0.487 e. The standard InChI is InChI=1S/C24H24N2O/c1-15(2)14-27-22-12-6-10-19-16-8-5-9-18(16)23(26-24(19)22)20-13-25-21-11-4-3-7-17(20)21/h3-8,10-13,16,18,23,25-26H,1,9,14H2,2H3. The molecule has 2 heterocycles. The van der Waals surface area contributed by atoms with Crippen LogP contribution in [-0.2, 0) is 0 Å². The van der Waals surface area contributed by atoms with E-state index >= 15 is 0 Å². The lowest BCUT2D eigenvalue weighted by Gasteiger charge is -2.38. The maximum atomic E-state index is 6.07. The van der Waals surface area contributed by atoms with Gasteiger partial charge >= 0.3 is 0 Å². The zero-order valence-corrected chi connectivity index (χ0v) is 15.5. The van der Waals surface area contributed by atoms with Crippen LogP contribution in [0.1, 0.15) is 36.4 Å². The Bertz CT molecular complexity index is 1050. The summed E-state index contributed by atoms with van der Waals surface area (Å²) in [6.07, 6.45) is 7.96. The normalized spacial score (nSPS) is 22.9. The number of fused-ring (bicyclic) bond motifs is 4. The summed E-state index contributed by atoms with van der Waals surface area (Å²) in [7, 11) is 0. The molecule has 0 saturated heterocycles. The van der Waals surface area contributed by atoms with Gasteiger partial charge in [0.25, 0.3) is 0 Å². The number of hydrogen-bond donors (Lipinski definition) is 2. The SMILES string of the molecule is C=C(C)COc1cccc2c1NC(c1c[nH]c3ccccc13)C1CC=CC21. The fourth-order valence-electron chi connectivity index (χ4n) is 4.57. The fraction of sp³-hybridized carbons (Fsp3) is 0.250. The Morgan fingerprint density at radius 2 is 2.04 bits per heavy atom. The summed E-state index contributed by atoms with van der Waals surface area (Å²) >= 11 is 0. The molecular weight excluding hydrogens is 332 g/mol. The number of allylic oxidation sites excluding steroid dienone is 2. The molecule has 2 aromatic carbocycles. The summed E-state index contributed by atoms with van der Waals surface area (Å²) in [6, 6.07) is 15.2. The molecule has 1 aliphatic carbocycles. The van der Waals surface area contributed by atoms with Crippen LogP contribution in [0.25, 0.3) is 10.9 Å². The lowest BCUT2D eigenvalue weighted by molar-refractivity contribution is 0.348. The van der Waals surface area contributed by atoms with Crippen molar-refractivity contribution in [1.29, 1.82) is 0 Å². The highest BCUT2D eigenvalue weighted by Crippen LogP contribution is 2.52. The maximum Gasteiger partial charge on any atom is 0.143 e. The Morgan fingerprint density at radius 3 is 2.93 bits per heavy atom. The Labute approximate surface area is 159 Å². The minimum Gasteiger partial charge on any atom is -0.487 e. The topological polar surface area (TPSA) is 37.0 Å². The molecule has 3 unspecified atom stereocenters. The van der Waals surface area contributed by atoms with E-state index in [-0.39, 0.29) is 6.04 Å². The van der Waals surface area contributed by atoms with Gasteiger partial charge < -0.3 is 15.0 Å². The van der Waals surface area contributed by atoms with Crippen molar-refractivity contribution in [3.63, 3.8) is 0 Å². The zero-order chi connectivity index (χ0) is 18.4. The van der Waals surface area contributed by atoms with E-state index in [1.807, 2.05) is 6.92 Å². The molecule has 136 valence electrons. The van der Waals surface area contributed by atoms with Gasteiger partial charge in [-0.2, -0.15) is 0 Å². The van der Waals surface area contributed by atoms with Crippen LogP contribution < -0.4 is 10.1 Å². The molecule has 3 nitrogen and oxygen atoms in total. The number of ether oxygens (including phenoxy) is 1. The number of nitrogens with one attached hydrogen (secondary N) is 2. The van der Waals surface area contributed by atoms with Crippen molar-refractivity contribution >= 4 is 16.6 Å². The molecular formula is C24H24N2O. The van der Waals surface area contributed by atoms with Crippen LogP contribution in [-0.4, -0.2) is 11.6 Å². The Kier molecular flexibility index (Phi) is 3.82. The number of rotatable bonds is 4. The Morgan fingerprint density at radius 1 is 1.15 bits per heavy atom. The van der Waals surface area contributed by atoms with Crippen LogP contribution >= 0.6 is 0 Å². The fourth-order valence-corrected chi connectivity index (χ4v) is 4.57. The van der Waals surface area contributed by atoms with E-state index in [0.717, 1.165) is 23.4 Å². The van der Waals surface area contributed by atoms with Crippen LogP contribution in [0.2, 0.25) is 0 Å². The highest BCUT2D eigenvalue weighted by molar-refractivity contribution is 5.84. The molecule has 27 heavy (non-hydrogen) atoms. The lowest BCUT2D eigenvalue weighted by Crippen LogP contribution is -2.29. The number of aromatic amines is 1. The van der Waals surface area contributed by atoms with Gasteiger partial charge in [-0.15, -0.1) is 0 Å². The molecule has 0 saturated carbocycles. The third-order valence-corrected chi connectivity index (χ3v) is 5.79. The van der Waals surface area contributed by atoms with Crippen molar-refractivity contribution in [1.82, 2.24) is 4.98 Å². The van der Waals surface area contributed by atoms with Gasteiger partial charge in [0.1, 0.15) is 12.4 Å². The van der Waals surface area contributed by atoms with Crippen LogP contribution in [0.4, 0.5) is 5.69 Å². The van der Waals surface area contributed by atoms with Crippen LogP contribution in [0, 0.1) is 5.92 Å². The second kappa shape index (κ2) is 6.34. The van der Waals surface area contributed by atoms with E-state index in [4.69, 9.17) is 4.74 Å². The predicted molar refractivity (Wildman–Crippen MR) is 111 cm³/mol. The van der Waals surface area contributed by atoms with Gasteiger partial charge in [0, 0.05) is 23.0 Å². The third kappa shape index (κ3) is 2.66. The molecule has 1 aromatic heterocycles. The molecule has 0 spiro atoms. The van der Waals surface area contributed by atoms with Crippen molar-refractivity contribution in [2.75, 3.05) is 11.9 Å². The van der Waals surface area contributed by atoms with Gasteiger partial charge in [0.15, 0.2) is 0 Å². The highest BCUT2D eigenvalue weighted by Gasteiger charge is 2.39. The molecule has 0 fully saturated rings. The molecule has 3 atom stereocenters. The average molecular weight is 356 g/mol. The molecule has 1 aliphatic heterocycles. The van der Waals surface area contributed by atoms with Crippen molar-refractivity contribution in [3.8, 4) is 5.75 Å². The molecule has 0 radical (unpaired) electrons. The first-order valence-electron chi connectivity index (χ1n) is 9.61. The van der Waals surface area contributed by atoms with Gasteiger partial charge in [-0.05, 0) is 48.1 Å². The first kappa shape index (κ1) is 16.2. The van der Waals surface area contributed by atoms with Crippen molar-refractivity contribution < 1.29 is 4.74 Å². The Balaban J connectivity index is 1.60. The number of hydrogen-bond acceptors (Lipinski definition) is 2. The summed E-state index contributed by atoms with van der Waals surface area (Å²) in [5.74, 6) is 1.86. The zero-order valence-electron chi connectivity index (χ0n) is 15.5. The number of para-hydroxylation sites is 2. The highest BCUT2D eigenvalue weighted by atomic mass is 16.5. The van der Waals surface area contributed by atoms with Gasteiger partial charge in [-0.3, -0.25) is 0 Å². The molecule has 3 heteroatoms. The van der Waals surface area contributed by atoms with Crippen molar-refractivity contribution in [2.45, 2.75) is 25.3 Å². The predicted octanol–water partition coefficient (Wildman–Crippen LogP) is 5.95. The van der Waals surface area contributed by atoms with Gasteiger partial charge in [0.2, 0.25) is 0 Å². The van der Waals surface area contributed by atoms with Crippen LogP contribution in [0.15, 0.2) is 73.0 Å². The molecule has 5 rings (SSSR count). The molecule has 2 aliphatic rings. The number of H-pyrrole nitrogens is 1. The van der Waals surface area contributed by atoms with Crippen molar-refractivity contribution in [2.24, 2.45) is 5.92 Å². The summed E-state index contributed by atoms with van der Waals surface area (Å²) in [5, 5.41) is 5.14. The van der Waals surface area contributed by atoms with Gasteiger partial charge in [0.05, 0.1) is 11.7 Å². The number of benzene rings is 2. The van der Waals surface area contributed by atoms with Gasteiger partial charge in [-0.25, -0.2) is 0 Å². The molecule has 2 N–H and O–H groups in total. The second-order valence-corrected chi connectivity index (χ2v) is 7.73. The monoisotopic (exact) mass is 356 g/mol. The summed E-state index contributed by atoms with van der Waals surface area (Å²) in [5.41, 5.74) is 6.01. The minimum absolute atomic E-state index is 0.253. The lowest BCUT2D eigenvalue weighted by atomic mass is 9.77. The average Bonchev–Trinajstić information content (AvgIpc) is 3.33. The maximum absolute atomic E-state index is 6.07. The van der Waals surface area contributed by atoms with E-state index in [2.05, 4.69) is 77.7 Å². The van der Waals surface area contributed by atoms with E-state index in [9.17, 15) is 0 Å². The summed E-state index contributed by atoms with van der Waals surface area (Å²) in [6.45, 7) is 6.50. The summed E-state index contributed by atoms with van der Waals surface area (Å²) in [4.78, 5) is 3.44. The second-order valence-electron chi connectivity index (χ2n) is 7.73. The van der Waals surface area contributed by atoms with Crippen molar-refractivity contribution in [3.05, 3.63) is 84.1 Å².